The predicted octanol–water partition coefficient (Wildman–Crippen LogP) is 2.70. The number of hydrogen-bond donors (Lipinski definition) is 0. The minimum atomic E-state index is -0.769. The third-order valence-corrected chi connectivity index (χ3v) is 2.25. The van der Waals surface area contributed by atoms with Crippen LogP contribution < -0.4 is 0 Å². The van der Waals surface area contributed by atoms with Gasteiger partial charge in [0.15, 0.2) is 5.78 Å². The van der Waals surface area contributed by atoms with Crippen molar-refractivity contribution in [2.75, 3.05) is 0 Å². The molecule has 0 aliphatic rings. The number of nitrogens with zero attached hydrogens (tertiary/aromatic N) is 1. The SMILES string of the molecule is CC(=O)c1cc([N+](=O)[O-])c(Br)cc1F. The van der Waals surface area contributed by atoms with Gasteiger partial charge < -0.3 is 0 Å². The highest BCUT2D eigenvalue weighted by molar-refractivity contribution is 9.10. The summed E-state index contributed by atoms with van der Waals surface area (Å²) in [7, 11) is 0. The van der Waals surface area contributed by atoms with Crippen molar-refractivity contribution in [1.29, 1.82) is 0 Å². The zero-order valence-corrected chi connectivity index (χ0v) is 8.67. The monoisotopic (exact) mass is 261 g/mol. The summed E-state index contributed by atoms with van der Waals surface area (Å²) in [5, 5.41) is 10.4. The van der Waals surface area contributed by atoms with Crippen LogP contribution in [-0.2, 0) is 0 Å². The molecule has 0 heterocycles. The van der Waals surface area contributed by atoms with E-state index in [0.717, 1.165) is 19.1 Å². The van der Waals surface area contributed by atoms with Crippen LogP contribution >= 0.6 is 15.9 Å². The van der Waals surface area contributed by atoms with Gasteiger partial charge in [0, 0.05) is 6.07 Å². The Morgan fingerprint density at radius 3 is 2.57 bits per heavy atom. The van der Waals surface area contributed by atoms with E-state index < -0.39 is 16.5 Å². The minimum absolute atomic E-state index is 0.0185. The number of Topliss-reactive ketones (excluding diaryl/α,β-unsaturated/α-hetero) is 1. The average Bonchev–Trinajstić information content (AvgIpc) is 2.02. The first-order valence-corrected chi connectivity index (χ1v) is 4.37. The van der Waals surface area contributed by atoms with Crippen LogP contribution in [-0.4, -0.2) is 10.7 Å². The van der Waals surface area contributed by atoms with Gasteiger partial charge in [0.2, 0.25) is 0 Å². The van der Waals surface area contributed by atoms with Crippen LogP contribution in [0.4, 0.5) is 10.1 Å². The number of ketones is 1. The van der Waals surface area contributed by atoms with E-state index in [1.807, 2.05) is 0 Å². The molecule has 0 atom stereocenters. The standard InChI is InChI=1S/C8H5BrFNO3/c1-4(12)5-2-8(11(13)14)6(9)3-7(5)10/h2-3H,1H3. The molecule has 4 nitrogen and oxygen atoms in total. The molecule has 0 spiro atoms. The van der Waals surface area contributed by atoms with E-state index in [-0.39, 0.29) is 15.7 Å². The molecule has 74 valence electrons. The maximum atomic E-state index is 13.1. The third kappa shape index (κ3) is 1.95. The Morgan fingerprint density at radius 1 is 1.57 bits per heavy atom. The molecular weight excluding hydrogens is 257 g/mol. The van der Waals surface area contributed by atoms with Crippen molar-refractivity contribution in [2.45, 2.75) is 6.92 Å². The molecular formula is C8H5BrFNO3. The second-order valence-electron chi connectivity index (χ2n) is 2.60. The number of nitro benzene ring substituents is 1. The minimum Gasteiger partial charge on any atom is -0.294 e. The van der Waals surface area contributed by atoms with Gasteiger partial charge in [-0.1, -0.05) is 0 Å². The van der Waals surface area contributed by atoms with E-state index >= 15 is 0 Å². The molecule has 1 aromatic carbocycles. The van der Waals surface area contributed by atoms with E-state index in [1.165, 1.54) is 0 Å². The van der Waals surface area contributed by atoms with E-state index in [2.05, 4.69) is 15.9 Å². The second kappa shape index (κ2) is 3.83. The van der Waals surface area contributed by atoms with Gasteiger partial charge in [-0.05, 0) is 28.9 Å². The summed E-state index contributed by atoms with van der Waals surface area (Å²) in [6.07, 6.45) is 0. The maximum absolute atomic E-state index is 13.1. The van der Waals surface area contributed by atoms with E-state index in [4.69, 9.17) is 0 Å². The summed E-state index contributed by atoms with van der Waals surface area (Å²) in [5.74, 6) is -1.31. The van der Waals surface area contributed by atoms with Gasteiger partial charge in [0.05, 0.1) is 15.0 Å². The quantitative estimate of drug-likeness (QED) is 0.467. The smallest absolute Gasteiger partial charge is 0.284 e. The van der Waals surface area contributed by atoms with Crippen molar-refractivity contribution >= 4 is 27.4 Å². The van der Waals surface area contributed by atoms with Gasteiger partial charge in [-0.25, -0.2) is 4.39 Å². The Kier molecular flexibility index (Phi) is 2.95. The molecule has 1 rings (SSSR count). The van der Waals surface area contributed by atoms with Crippen molar-refractivity contribution in [3.63, 3.8) is 0 Å². The van der Waals surface area contributed by atoms with Gasteiger partial charge in [-0.2, -0.15) is 0 Å². The molecule has 0 radical (unpaired) electrons. The Morgan fingerprint density at radius 2 is 2.14 bits per heavy atom. The first-order chi connectivity index (χ1) is 6.43. The van der Waals surface area contributed by atoms with Crippen LogP contribution in [0.3, 0.4) is 0 Å². The molecule has 14 heavy (non-hydrogen) atoms. The van der Waals surface area contributed by atoms with Gasteiger partial charge in [-0.3, -0.25) is 14.9 Å². The van der Waals surface area contributed by atoms with E-state index in [1.54, 1.807) is 0 Å². The lowest BCUT2D eigenvalue weighted by Crippen LogP contribution is -2.00. The van der Waals surface area contributed by atoms with Crippen molar-refractivity contribution < 1.29 is 14.1 Å². The molecule has 0 unspecified atom stereocenters. The topological polar surface area (TPSA) is 60.2 Å². The van der Waals surface area contributed by atoms with Crippen LogP contribution in [0.25, 0.3) is 0 Å². The van der Waals surface area contributed by atoms with E-state index in [0.29, 0.717) is 0 Å². The fourth-order valence-corrected chi connectivity index (χ4v) is 1.41. The van der Waals surface area contributed by atoms with Gasteiger partial charge in [-0.15, -0.1) is 0 Å². The number of halogens is 2. The summed E-state index contributed by atoms with van der Waals surface area (Å²) < 4.78 is 13.1. The molecule has 0 aromatic heterocycles. The zero-order chi connectivity index (χ0) is 10.9. The first-order valence-electron chi connectivity index (χ1n) is 3.58. The largest absolute Gasteiger partial charge is 0.294 e. The summed E-state index contributed by atoms with van der Waals surface area (Å²) in [6.45, 7) is 1.15. The number of carbonyl (C=O) groups excluding carboxylic acids is 1. The fourth-order valence-electron chi connectivity index (χ4n) is 0.947. The molecule has 0 saturated carbocycles. The van der Waals surface area contributed by atoms with Gasteiger partial charge in [0.1, 0.15) is 5.82 Å². The van der Waals surface area contributed by atoms with Crippen LogP contribution in [0.15, 0.2) is 16.6 Å². The molecule has 0 bridgehead atoms. The maximum Gasteiger partial charge on any atom is 0.284 e. The molecule has 0 fully saturated rings. The van der Waals surface area contributed by atoms with Gasteiger partial charge >= 0.3 is 0 Å². The average molecular weight is 262 g/mol. The molecule has 0 N–H and O–H groups in total. The number of hydrogen-bond acceptors (Lipinski definition) is 3. The number of carbonyl (C=O) groups is 1. The Hall–Kier alpha value is -1.30. The second-order valence-corrected chi connectivity index (χ2v) is 3.45. The highest BCUT2D eigenvalue weighted by Crippen LogP contribution is 2.27. The molecule has 0 saturated heterocycles. The summed E-state index contributed by atoms with van der Waals surface area (Å²) in [4.78, 5) is 20.6. The molecule has 1 aromatic rings. The predicted molar refractivity (Wildman–Crippen MR) is 50.8 cm³/mol. The Labute approximate surface area is 87.0 Å². The highest BCUT2D eigenvalue weighted by atomic mass is 79.9. The number of benzene rings is 1. The summed E-state index contributed by atoms with van der Waals surface area (Å²) in [5.41, 5.74) is -0.600. The van der Waals surface area contributed by atoms with Crippen molar-refractivity contribution in [3.05, 3.63) is 38.1 Å². The molecule has 6 heteroatoms. The lowest BCUT2D eigenvalue weighted by atomic mass is 10.1. The zero-order valence-electron chi connectivity index (χ0n) is 7.08. The summed E-state index contributed by atoms with van der Waals surface area (Å²) >= 11 is 2.84. The normalized spacial score (nSPS) is 9.93. The Balaban J connectivity index is 3.42. The van der Waals surface area contributed by atoms with Crippen LogP contribution in [0.5, 0.6) is 0 Å². The molecule has 0 aliphatic heterocycles. The van der Waals surface area contributed by atoms with Crippen LogP contribution in [0.2, 0.25) is 0 Å². The highest BCUT2D eigenvalue weighted by Gasteiger charge is 2.18. The summed E-state index contributed by atoms with van der Waals surface area (Å²) in [6, 6.07) is 1.83. The third-order valence-electron chi connectivity index (χ3n) is 1.61. The molecule has 0 amide bonds. The van der Waals surface area contributed by atoms with Crippen LogP contribution in [0.1, 0.15) is 17.3 Å². The number of nitro groups is 1. The van der Waals surface area contributed by atoms with Crippen molar-refractivity contribution in [2.24, 2.45) is 0 Å². The number of rotatable bonds is 2. The van der Waals surface area contributed by atoms with Crippen molar-refractivity contribution in [1.82, 2.24) is 0 Å². The lowest BCUT2D eigenvalue weighted by molar-refractivity contribution is -0.385. The fraction of sp³-hybridized carbons (Fsp3) is 0.125. The lowest BCUT2D eigenvalue weighted by Gasteiger charge is -2.00. The van der Waals surface area contributed by atoms with Crippen molar-refractivity contribution in [3.8, 4) is 0 Å². The van der Waals surface area contributed by atoms with Crippen LogP contribution in [0, 0.1) is 15.9 Å². The molecule has 0 aliphatic carbocycles. The van der Waals surface area contributed by atoms with Gasteiger partial charge in [0.25, 0.3) is 5.69 Å². The first kappa shape index (κ1) is 10.8. The van der Waals surface area contributed by atoms with E-state index in [9.17, 15) is 19.3 Å². The Bertz CT molecular complexity index is 384.